The maximum absolute atomic E-state index is 12.9. The Hall–Kier alpha value is -2.97. The third kappa shape index (κ3) is 4.61. The second kappa shape index (κ2) is 9.40. The van der Waals surface area contributed by atoms with Gasteiger partial charge in [-0.1, -0.05) is 39.3 Å². The van der Waals surface area contributed by atoms with Crippen LogP contribution >= 0.6 is 11.6 Å². The lowest BCUT2D eigenvalue weighted by Crippen LogP contribution is -2.39. The van der Waals surface area contributed by atoms with E-state index in [1.54, 1.807) is 4.52 Å². The molecule has 2 saturated heterocycles. The van der Waals surface area contributed by atoms with Crippen LogP contribution in [0, 0.1) is 23.7 Å². The number of carbonyl (C=O) groups excluding carboxylic acids is 2. The highest BCUT2D eigenvalue weighted by Gasteiger charge is 2.50. The van der Waals surface area contributed by atoms with Crippen LogP contribution in [-0.4, -0.2) is 50.9 Å². The zero-order valence-corrected chi connectivity index (χ0v) is 22.9. The van der Waals surface area contributed by atoms with Crippen molar-refractivity contribution >= 4 is 34.6 Å². The topological polar surface area (TPSA) is 91.6 Å². The Labute approximate surface area is 222 Å². The van der Waals surface area contributed by atoms with Crippen molar-refractivity contribution in [1.82, 2.24) is 24.8 Å². The molecule has 0 radical (unpaired) electrons. The Balaban J connectivity index is 1.50. The smallest absolute Gasteiger partial charge is 0.235 e. The second-order valence-electron chi connectivity index (χ2n) is 11.5. The standard InChI is InChI=1S/C28H35ClN6O2/c1-17-10-20(29)12-21(23(17)31-15-28(5)6-8-30-9-7-28)24-22-11-19(14-35(22)33-16-32-24)13-34-25(36)18(2)27(3,4)26(34)37/h10-12,14,16,18,30-31H,6-9,13,15H2,1-5H3. The molecule has 4 heterocycles. The monoisotopic (exact) mass is 522 g/mol. The fraction of sp³-hybridized carbons (Fsp3) is 0.500. The molecule has 0 aliphatic carbocycles. The van der Waals surface area contributed by atoms with Gasteiger partial charge in [0.1, 0.15) is 6.33 Å². The average molecular weight is 523 g/mol. The maximum atomic E-state index is 12.9. The summed E-state index contributed by atoms with van der Waals surface area (Å²) >= 11 is 6.52. The first kappa shape index (κ1) is 25.7. The molecule has 1 atom stereocenters. The van der Waals surface area contributed by atoms with Crippen LogP contribution in [0.2, 0.25) is 5.02 Å². The van der Waals surface area contributed by atoms with Crippen molar-refractivity contribution in [2.75, 3.05) is 25.0 Å². The number of nitrogens with one attached hydrogen (secondary N) is 2. The summed E-state index contributed by atoms with van der Waals surface area (Å²) in [7, 11) is 0. The van der Waals surface area contributed by atoms with E-state index >= 15 is 0 Å². The number of benzene rings is 1. The number of aryl methyl sites for hydroxylation is 1. The second-order valence-corrected chi connectivity index (χ2v) is 12.0. The molecule has 37 heavy (non-hydrogen) atoms. The average Bonchev–Trinajstić information content (AvgIpc) is 3.33. The molecular formula is C28H35ClN6O2. The lowest BCUT2D eigenvalue weighted by atomic mass is 9.81. The van der Waals surface area contributed by atoms with E-state index in [2.05, 4.69) is 34.6 Å². The fourth-order valence-electron chi connectivity index (χ4n) is 5.46. The van der Waals surface area contributed by atoms with Crippen molar-refractivity contribution in [3.63, 3.8) is 0 Å². The fourth-order valence-corrected chi connectivity index (χ4v) is 5.73. The molecule has 1 unspecified atom stereocenters. The highest BCUT2D eigenvalue weighted by molar-refractivity contribution is 6.31. The van der Waals surface area contributed by atoms with Gasteiger partial charge in [-0.25, -0.2) is 9.50 Å². The number of carbonyl (C=O) groups is 2. The number of piperidine rings is 1. The van der Waals surface area contributed by atoms with Gasteiger partial charge in [0.2, 0.25) is 11.8 Å². The van der Waals surface area contributed by atoms with Gasteiger partial charge in [0, 0.05) is 34.9 Å². The van der Waals surface area contributed by atoms with Crippen molar-refractivity contribution < 1.29 is 9.59 Å². The normalized spacial score (nSPS) is 21.1. The molecule has 8 nitrogen and oxygen atoms in total. The predicted molar refractivity (Wildman–Crippen MR) is 145 cm³/mol. The van der Waals surface area contributed by atoms with Crippen LogP contribution in [0.5, 0.6) is 0 Å². The van der Waals surface area contributed by atoms with Crippen LogP contribution < -0.4 is 10.6 Å². The van der Waals surface area contributed by atoms with E-state index in [9.17, 15) is 9.59 Å². The quantitative estimate of drug-likeness (QED) is 0.456. The molecule has 5 rings (SSSR count). The summed E-state index contributed by atoms with van der Waals surface area (Å²) in [6, 6.07) is 5.86. The molecule has 2 aliphatic heterocycles. The highest BCUT2D eigenvalue weighted by atomic mass is 35.5. The zero-order chi connectivity index (χ0) is 26.5. The number of hydrogen-bond donors (Lipinski definition) is 2. The van der Waals surface area contributed by atoms with E-state index in [1.807, 2.05) is 45.2 Å². The molecule has 0 saturated carbocycles. The SMILES string of the molecule is Cc1cc(Cl)cc(-c2ncnn3cc(CN4C(=O)C(C)C(C)(C)C4=O)cc23)c1NCC1(C)CCNCC1. The first-order valence-electron chi connectivity index (χ1n) is 12.9. The molecule has 9 heteroatoms. The summed E-state index contributed by atoms with van der Waals surface area (Å²) in [4.78, 5) is 31.8. The van der Waals surface area contributed by atoms with Crippen LogP contribution in [0.1, 0.15) is 51.7 Å². The van der Waals surface area contributed by atoms with Crippen molar-refractivity contribution in [1.29, 1.82) is 0 Å². The molecular weight excluding hydrogens is 488 g/mol. The molecule has 2 aliphatic rings. The Morgan fingerprint density at radius 3 is 2.57 bits per heavy atom. The summed E-state index contributed by atoms with van der Waals surface area (Å²) in [6.07, 6.45) is 5.62. The minimum atomic E-state index is -0.703. The minimum Gasteiger partial charge on any atom is -0.384 e. The van der Waals surface area contributed by atoms with Crippen LogP contribution in [0.15, 0.2) is 30.7 Å². The van der Waals surface area contributed by atoms with E-state index in [1.165, 1.54) is 11.2 Å². The number of rotatable bonds is 6. The molecule has 2 fully saturated rings. The Morgan fingerprint density at radius 2 is 1.89 bits per heavy atom. The lowest BCUT2D eigenvalue weighted by molar-refractivity contribution is -0.141. The van der Waals surface area contributed by atoms with E-state index < -0.39 is 5.41 Å². The van der Waals surface area contributed by atoms with E-state index in [4.69, 9.17) is 11.6 Å². The molecule has 1 aromatic carbocycles. The Kier molecular flexibility index (Phi) is 6.52. The van der Waals surface area contributed by atoms with Crippen LogP contribution in [0.4, 0.5) is 5.69 Å². The first-order chi connectivity index (χ1) is 17.5. The summed E-state index contributed by atoms with van der Waals surface area (Å²) in [5.41, 5.74) is 4.83. The van der Waals surface area contributed by atoms with Gasteiger partial charge < -0.3 is 10.6 Å². The van der Waals surface area contributed by atoms with Gasteiger partial charge in [0.25, 0.3) is 0 Å². The summed E-state index contributed by atoms with van der Waals surface area (Å²) in [5.74, 6) is -0.632. The molecule has 0 spiro atoms. The molecule has 2 aromatic heterocycles. The highest BCUT2D eigenvalue weighted by Crippen LogP contribution is 2.39. The van der Waals surface area contributed by atoms with E-state index in [0.717, 1.165) is 66.1 Å². The molecule has 0 bridgehead atoms. The van der Waals surface area contributed by atoms with Crippen LogP contribution in [0.3, 0.4) is 0 Å². The van der Waals surface area contributed by atoms with Gasteiger partial charge in [-0.3, -0.25) is 14.5 Å². The Bertz CT molecular complexity index is 1370. The van der Waals surface area contributed by atoms with Gasteiger partial charge in [0.05, 0.1) is 23.2 Å². The summed E-state index contributed by atoms with van der Waals surface area (Å²) < 4.78 is 1.76. The predicted octanol–water partition coefficient (Wildman–Crippen LogP) is 4.69. The molecule has 2 N–H and O–H groups in total. The zero-order valence-electron chi connectivity index (χ0n) is 22.2. The number of halogens is 1. The number of imide groups is 1. The third-order valence-corrected chi connectivity index (χ3v) is 8.59. The van der Waals surface area contributed by atoms with Crippen molar-refractivity contribution in [3.05, 3.63) is 46.9 Å². The van der Waals surface area contributed by atoms with Crippen LogP contribution in [0.25, 0.3) is 16.8 Å². The minimum absolute atomic E-state index is 0.139. The molecule has 196 valence electrons. The molecule has 2 amide bonds. The van der Waals surface area contributed by atoms with Crippen molar-refractivity contribution in [2.45, 2.75) is 54.0 Å². The maximum Gasteiger partial charge on any atom is 0.235 e. The van der Waals surface area contributed by atoms with Gasteiger partial charge in [-0.15, -0.1) is 0 Å². The molecule has 3 aromatic rings. The number of nitrogens with zero attached hydrogens (tertiary/aromatic N) is 4. The van der Waals surface area contributed by atoms with Crippen molar-refractivity contribution in [2.24, 2.45) is 16.7 Å². The number of likely N-dealkylation sites (tertiary alicyclic amines) is 1. The third-order valence-electron chi connectivity index (χ3n) is 8.38. The van der Waals surface area contributed by atoms with Gasteiger partial charge in [-0.05, 0) is 67.6 Å². The van der Waals surface area contributed by atoms with Crippen molar-refractivity contribution in [3.8, 4) is 11.3 Å². The van der Waals surface area contributed by atoms with Crippen LogP contribution in [-0.2, 0) is 16.1 Å². The number of fused-ring (bicyclic) bond motifs is 1. The van der Waals surface area contributed by atoms with E-state index in [-0.39, 0.29) is 29.7 Å². The number of amides is 2. The lowest BCUT2D eigenvalue weighted by Gasteiger charge is -2.35. The number of hydrogen-bond acceptors (Lipinski definition) is 6. The Morgan fingerprint density at radius 1 is 1.16 bits per heavy atom. The van der Waals surface area contributed by atoms with Gasteiger partial charge in [0.15, 0.2) is 0 Å². The number of anilines is 1. The first-order valence-corrected chi connectivity index (χ1v) is 13.3. The van der Waals surface area contributed by atoms with Gasteiger partial charge >= 0.3 is 0 Å². The number of aromatic nitrogens is 3. The summed E-state index contributed by atoms with van der Waals surface area (Å²) in [5, 5.41) is 12.2. The largest absolute Gasteiger partial charge is 0.384 e. The summed E-state index contributed by atoms with van der Waals surface area (Å²) in [6.45, 7) is 13.0. The van der Waals surface area contributed by atoms with E-state index in [0.29, 0.717) is 5.02 Å². The van der Waals surface area contributed by atoms with Gasteiger partial charge in [-0.2, -0.15) is 5.10 Å².